The average molecular weight is 452 g/mol. The van der Waals surface area contributed by atoms with Gasteiger partial charge >= 0.3 is 0 Å². The molecule has 2 fully saturated rings. The second kappa shape index (κ2) is 8.31. The highest BCUT2D eigenvalue weighted by molar-refractivity contribution is 6.05. The van der Waals surface area contributed by atoms with Crippen molar-refractivity contribution < 1.29 is 23.9 Å². The molecule has 33 heavy (non-hydrogen) atoms. The van der Waals surface area contributed by atoms with Crippen LogP contribution in [-0.2, 0) is 28.3 Å². The lowest BCUT2D eigenvalue weighted by Crippen LogP contribution is -2.52. The standard InChI is InChI=1S/C24H25FN4O4/c25-16-3-1-2-15(12-16)13-28-10-8-24(33,9-11-28)20-6-4-17-18(26-20)14-29(23(17)32)19-5-7-21(30)27-22(19)31/h1-4,6,12,19,33H,5,7-11,13-14H2,(H,27,30,31). The molecule has 3 amide bonds. The number of imide groups is 1. The van der Waals surface area contributed by atoms with Crippen LogP contribution in [0.5, 0.6) is 0 Å². The minimum absolute atomic E-state index is 0.177. The number of hydrogen-bond donors (Lipinski definition) is 2. The Morgan fingerprint density at radius 2 is 1.94 bits per heavy atom. The number of benzene rings is 1. The third-order valence-electron chi connectivity index (χ3n) is 6.83. The van der Waals surface area contributed by atoms with Crippen LogP contribution >= 0.6 is 0 Å². The Morgan fingerprint density at radius 1 is 1.15 bits per heavy atom. The molecule has 1 unspecified atom stereocenters. The van der Waals surface area contributed by atoms with E-state index in [9.17, 15) is 23.9 Å². The number of likely N-dealkylation sites (tertiary alicyclic amines) is 1. The molecule has 2 saturated heterocycles. The summed E-state index contributed by atoms with van der Waals surface area (Å²) >= 11 is 0. The second-order valence-electron chi connectivity index (χ2n) is 9.03. The molecule has 1 aromatic carbocycles. The van der Waals surface area contributed by atoms with Crippen LogP contribution in [-0.4, -0.2) is 56.7 Å². The molecule has 0 aliphatic carbocycles. The molecule has 8 nitrogen and oxygen atoms in total. The van der Waals surface area contributed by atoms with Crippen molar-refractivity contribution in [3.63, 3.8) is 0 Å². The summed E-state index contributed by atoms with van der Waals surface area (Å²) in [5.41, 5.74) is 1.26. The molecular weight excluding hydrogens is 427 g/mol. The number of pyridine rings is 1. The van der Waals surface area contributed by atoms with Crippen LogP contribution in [0, 0.1) is 5.82 Å². The van der Waals surface area contributed by atoms with Gasteiger partial charge in [-0.2, -0.15) is 0 Å². The third-order valence-corrected chi connectivity index (χ3v) is 6.83. The van der Waals surface area contributed by atoms with Gasteiger partial charge in [-0.25, -0.2) is 4.39 Å². The fourth-order valence-corrected chi connectivity index (χ4v) is 4.93. The van der Waals surface area contributed by atoms with Crippen molar-refractivity contribution in [1.29, 1.82) is 0 Å². The highest BCUT2D eigenvalue weighted by Gasteiger charge is 2.41. The fourth-order valence-electron chi connectivity index (χ4n) is 4.93. The summed E-state index contributed by atoms with van der Waals surface area (Å²) in [7, 11) is 0. The van der Waals surface area contributed by atoms with Crippen LogP contribution in [0.15, 0.2) is 36.4 Å². The van der Waals surface area contributed by atoms with E-state index < -0.39 is 17.6 Å². The number of hydrogen-bond acceptors (Lipinski definition) is 6. The number of halogens is 1. The van der Waals surface area contributed by atoms with E-state index in [1.54, 1.807) is 18.2 Å². The SMILES string of the molecule is O=C1CCC(N2Cc3nc(C4(O)CCN(Cc5cccc(F)c5)CC4)ccc3C2=O)C(=O)N1. The topological polar surface area (TPSA) is 103 Å². The molecule has 0 spiro atoms. The number of rotatable bonds is 4. The number of carbonyl (C=O) groups is 3. The van der Waals surface area contributed by atoms with Gasteiger partial charge in [-0.3, -0.25) is 29.6 Å². The van der Waals surface area contributed by atoms with Gasteiger partial charge in [-0.1, -0.05) is 12.1 Å². The van der Waals surface area contributed by atoms with E-state index in [4.69, 9.17) is 0 Å². The maximum Gasteiger partial charge on any atom is 0.256 e. The number of fused-ring (bicyclic) bond motifs is 1. The van der Waals surface area contributed by atoms with Crippen LogP contribution < -0.4 is 5.32 Å². The number of aliphatic hydroxyl groups is 1. The second-order valence-corrected chi connectivity index (χ2v) is 9.03. The minimum atomic E-state index is -1.11. The number of amides is 3. The summed E-state index contributed by atoms with van der Waals surface area (Å²) in [6, 6.07) is 9.19. The van der Waals surface area contributed by atoms with E-state index in [-0.39, 0.29) is 30.6 Å². The average Bonchev–Trinajstić information content (AvgIpc) is 3.11. The summed E-state index contributed by atoms with van der Waals surface area (Å²) in [6.07, 6.45) is 1.43. The molecule has 0 bridgehead atoms. The molecule has 1 atom stereocenters. The van der Waals surface area contributed by atoms with Crippen molar-refractivity contribution in [1.82, 2.24) is 20.1 Å². The predicted molar refractivity (Wildman–Crippen MR) is 115 cm³/mol. The van der Waals surface area contributed by atoms with Crippen LogP contribution in [0.25, 0.3) is 0 Å². The molecule has 2 aromatic rings. The first-order valence-electron chi connectivity index (χ1n) is 11.2. The summed E-state index contributed by atoms with van der Waals surface area (Å²) < 4.78 is 13.5. The van der Waals surface area contributed by atoms with Crippen LogP contribution in [0.2, 0.25) is 0 Å². The summed E-state index contributed by atoms with van der Waals surface area (Å²) in [5, 5.41) is 13.6. The van der Waals surface area contributed by atoms with Gasteiger partial charge in [0.15, 0.2) is 0 Å². The Hall–Kier alpha value is -3.17. The number of aromatic nitrogens is 1. The molecule has 3 aliphatic rings. The van der Waals surface area contributed by atoms with Crippen molar-refractivity contribution >= 4 is 17.7 Å². The Kier molecular flexibility index (Phi) is 5.46. The van der Waals surface area contributed by atoms with Gasteiger partial charge in [0.05, 0.1) is 23.5 Å². The van der Waals surface area contributed by atoms with E-state index >= 15 is 0 Å². The molecule has 0 saturated carbocycles. The Labute approximate surface area is 190 Å². The van der Waals surface area contributed by atoms with Gasteiger partial charge in [0.1, 0.15) is 17.5 Å². The maximum atomic E-state index is 13.5. The molecule has 4 heterocycles. The van der Waals surface area contributed by atoms with Crippen LogP contribution in [0.1, 0.15) is 53.0 Å². The van der Waals surface area contributed by atoms with E-state index in [1.807, 2.05) is 6.07 Å². The van der Waals surface area contributed by atoms with Crippen LogP contribution in [0.4, 0.5) is 4.39 Å². The lowest BCUT2D eigenvalue weighted by atomic mass is 9.87. The van der Waals surface area contributed by atoms with Crippen LogP contribution in [0.3, 0.4) is 0 Å². The number of carbonyl (C=O) groups excluding carboxylic acids is 3. The van der Waals surface area contributed by atoms with Crippen molar-refractivity contribution in [3.8, 4) is 0 Å². The van der Waals surface area contributed by atoms with Gasteiger partial charge in [0.25, 0.3) is 5.91 Å². The first-order chi connectivity index (χ1) is 15.8. The summed E-state index contributed by atoms with van der Waals surface area (Å²) in [6.45, 7) is 2.05. The molecule has 2 N–H and O–H groups in total. The van der Waals surface area contributed by atoms with Gasteiger partial charge in [-0.15, -0.1) is 0 Å². The normalized spacial score (nSPS) is 22.9. The van der Waals surface area contributed by atoms with E-state index in [0.29, 0.717) is 55.8 Å². The molecular formula is C24H25FN4O4. The number of nitrogens with zero attached hydrogens (tertiary/aromatic N) is 3. The molecule has 3 aliphatic heterocycles. The molecule has 172 valence electrons. The zero-order valence-electron chi connectivity index (χ0n) is 18.1. The molecule has 1 aromatic heterocycles. The van der Waals surface area contributed by atoms with Gasteiger partial charge in [0, 0.05) is 26.1 Å². The Bertz CT molecular complexity index is 1130. The van der Waals surface area contributed by atoms with Crippen molar-refractivity contribution in [2.24, 2.45) is 0 Å². The summed E-state index contributed by atoms with van der Waals surface area (Å²) in [5.74, 6) is -1.33. The van der Waals surface area contributed by atoms with Gasteiger partial charge in [0.2, 0.25) is 11.8 Å². The summed E-state index contributed by atoms with van der Waals surface area (Å²) in [4.78, 5) is 44.8. The lowest BCUT2D eigenvalue weighted by molar-refractivity contribution is -0.136. The maximum absolute atomic E-state index is 13.5. The van der Waals surface area contributed by atoms with Crippen molar-refractivity contribution in [3.05, 3.63) is 64.7 Å². The number of piperidine rings is 2. The Morgan fingerprint density at radius 3 is 2.67 bits per heavy atom. The smallest absolute Gasteiger partial charge is 0.256 e. The highest BCUT2D eigenvalue weighted by atomic mass is 19.1. The highest BCUT2D eigenvalue weighted by Crippen LogP contribution is 2.34. The van der Waals surface area contributed by atoms with E-state index in [0.717, 1.165) is 5.56 Å². The first kappa shape index (κ1) is 21.7. The zero-order valence-corrected chi connectivity index (χ0v) is 18.1. The van der Waals surface area contributed by atoms with E-state index in [2.05, 4.69) is 15.2 Å². The monoisotopic (exact) mass is 452 g/mol. The largest absolute Gasteiger partial charge is 0.383 e. The zero-order chi connectivity index (χ0) is 23.2. The number of nitrogens with one attached hydrogen (secondary N) is 1. The van der Waals surface area contributed by atoms with Gasteiger partial charge in [-0.05, 0) is 49.1 Å². The fraction of sp³-hybridized carbons (Fsp3) is 0.417. The third kappa shape index (κ3) is 4.14. The molecule has 0 radical (unpaired) electrons. The molecule has 5 rings (SSSR count). The minimum Gasteiger partial charge on any atom is -0.383 e. The first-order valence-corrected chi connectivity index (χ1v) is 11.2. The quantitative estimate of drug-likeness (QED) is 0.681. The van der Waals surface area contributed by atoms with Gasteiger partial charge < -0.3 is 10.0 Å². The van der Waals surface area contributed by atoms with E-state index in [1.165, 1.54) is 17.0 Å². The van der Waals surface area contributed by atoms with Crippen molar-refractivity contribution in [2.45, 2.75) is 50.4 Å². The Balaban J connectivity index is 1.27. The van der Waals surface area contributed by atoms with Crippen molar-refractivity contribution in [2.75, 3.05) is 13.1 Å². The molecule has 9 heteroatoms. The predicted octanol–water partition coefficient (Wildman–Crippen LogP) is 1.47. The lowest BCUT2D eigenvalue weighted by Gasteiger charge is -2.38.